The van der Waals surface area contributed by atoms with E-state index in [4.69, 9.17) is 11.8 Å². The summed E-state index contributed by atoms with van der Waals surface area (Å²) in [6, 6.07) is 0. The number of hydrogen-bond donors (Lipinski definition) is 0. The van der Waals surface area contributed by atoms with E-state index >= 15 is 0 Å². The van der Waals surface area contributed by atoms with Crippen LogP contribution in [0.2, 0.25) is 0 Å². The molecule has 2 atom stereocenters. The lowest BCUT2D eigenvalue weighted by atomic mass is 9.86. The average Bonchev–Trinajstić information content (AvgIpc) is 1.92. The van der Waals surface area contributed by atoms with Crippen LogP contribution in [0.4, 0.5) is 0 Å². The fourth-order valence-corrected chi connectivity index (χ4v) is 6.81. The van der Waals surface area contributed by atoms with Crippen molar-refractivity contribution in [3.05, 3.63) is 0 Å². The molecule has 0 spiro atoms. The normalized spacial score (nSPS) is 18.4. The standard InChI is InChI=1S/C16H35PS/c1-13(9-15(3,4)5)11-17(18)12-14(2)10-16(6,7)8/h13-14,17H,9-12H2,1-8H3. The molecule has 0 aliphatic heterocycles. The Kier molecular flexibility index (Phi) is 7.71. The van der Waals surface area contributed by atoms with E-state index < -0.39 is 6.70 Å². The zero-order chi connectivity index (χ0) is 14.6. The SMILES string of the molecule is CC(C[PH](=S)CC(C)CC(C)(C)C)CC(C)(C)C. The van der Waals surface area contributed by atoms with Gasteiger partial charge in [0, 0.05) is 0 Å². The number of rotatable bonds is 6. The monoisotopic (exact) mass is 290 g/mol. The topological polar surface area (TPSA) is 0 Å². The maximum absolute atomic E-state index is 5.77. The van der Waals surface area contributed by atoms with Crippen LogP contribution >= 0.6 is 6.70 Å². The van der Waals surface area contributed by atoms with Crippen molar-refractivity contribution in [3.63, 3.8) is 0 Å². The summed E-state index contributed by atoms with van der Waals surface area (Å²) in [6.45, 7) is 18.2. The van der Waals surface area contributed by atoms with E-state index in [2.05, 4.69) is 55.4 Å². The third-order valence-electron chi connectivity index (χ3n) is 3.07. The Balaban J connectivity index is 4.04. The third-order valence-corrected chi connectivity index (χ3v) is 6.38. The Hall–Kier alpha value is 0.650. The molecule has 0 aromatic rings. The predicted molar refractivity (Wildman–Crippen MR) is 91.9 cm³/mol. The molecule has 0 saturated carbocycles. The Morgan fingerprint density at radius 3 is 1.28 bits per heavy atom. The highest BCUT2D eigenvalue weighted by Crippen LogP contribution is 2.35. The van der Waals surface area contributed by atoms with Gasteiger partial charge in [0.1, 0.15) is 0 Å². The maximum Gasteiger partial charge on any atom is -0.0234 e. The van der Waals surface area contributed by atoms with E-state index in [1.54, 1.807) is 0 Å². The molecule has 0 nitrogen and oxygen atoms in total. The molecule has 110 valence electrons. The summed E-state index contributed by atoms with van der Waals surface area (Å²) in [7, 11) is 0. The van der Waals surface area contributed by atoms with Gasteiger partial charge in [0.05, 0.1) is 0 Å². The van der Waals surface area contributed by atoms with Crippen LogP contribution in [0.5, 0.6) is 0 Å². The molecule has 0 heterocycles. The molecular formula is C16H35PS. The zero-order valence-corrected chi connectivity index (χ0v) is 15.7. The van der Waals surface area contributed by atoms with Crippen LogP contribution in [0.3, 0.4) is 0 Å². The van der Waals surface area contributed by atoms with Crippen LogP contribution in [-0.2, 0) is 11.8 Å². The van der Waals surface area contributed by atoms with Gasteiger partial charge < -0.3 is 0 Å². The number of hydrogen-bond acceptors (Lipinski definition) is 1. The molecule has 0 amide bonds. The Morgan fingerprint density at radius 2 is 1.06 bits per heavy atom. The molecular weight excluding hydrogens is 255 g/mol. The molecule has 0 rings (SSSR count). The van der Waals surface area contributed by atoms with Crippen molar-refractivity contribution in [3.8, 4) is 0 Å². The maximum atomic E-state index is 5.77. The van der Waals surface area contributed by atoms with Gasteiger partial charge in [-0.15, -0.1) is 11.8 Å². The van der Waals surface area contributed by atoms with Gasteiger partial charge in [-0.25, -0.2) is 0 Å². The lowest BCUT2D eigenvalue weighted by molar-refractivity contribution is 0.319. The van der Waals surface area contributed by atoms with E-state index in [0.29, 0.717) is 10.8 Å². The molecule has 0 fully saturated rings. The van der Waals surface area contributed by atoms with Gasteiger partial charge in [0.2, 0.25) is 0 Å². The zero-order valence-electron chi connectivity index (χ0n) is 13.9. The molecule has 18 heavy (non-hydrogen) atoms. The molecule has 0 aromatic carbocycles. The molecule has 0 aromatic heterocycles. The van der Waals surface area contributed by atoms with Gasteiger partial charge in [-0.05, 0) is 47.8 Å². The second-order valence-corrected chi connectivity index (χ2v) is 12.3. The summed E-state index contributed by atoms with van der Waals surface area (Å²) in [5.74, 6) is 1.61. The van der Waals surface area contributed by atoms with Gasteiger partial charge in [-0.2, -0.15) is 0 Å². The fraction of sp³-hybridized carbons (Fsp3) is 1.00. The highest BCUT2D eigenvalue weighted by atomic mass is 32.4. The first kappa shape index (κ1) is 18.7. The van der Waals surface area contributed by atoms with Gasteiger partial charge in [-0.1, -0.05) is 62.1 Å². The Morgan fingerprint density at radius 1 is 0.778 bits per heavy atom. The summed E-state index contributed by atoms with van der Waals surface area (Å²) in [6.07, 6.45) is 5.24. The molecule has 0 bridgehead atoms. The van der Waals surface area contributed by atoms with Crippen molar-refractivity contribution in [2.45, 2.75) is 68.2 Å². The summed E-state index contributed by atoms with van der Waals surface area (Å²) in [5.41, 5.74) is 0.905. The molecule has 2 unspecified atom stereocenters. The molecule has 2 heteroatoms. The summed E-state index contributed by atoms with van der Waals surface area (Å²) in [4.78, 5) is 0. The average molecular weight is 290 g/mol. The Bertz CT molecular complexity index is 231. The Labute approximate surface area is 122 Å². The van der Waals surface area contributed by atoms with E-state index in [-0.39, 0.29) is 0 Å². The van der Waals surface area contributed by atoms with E-state index in [1.807, 2.05) is 0 Å². The first-order valence-corrected chi connectivity index (χ1v) is 10.5. The fourth-order valence-electron chi connectivity index (χ4n) is 3.10. The molecule has 0 aliphatic rings. The molecule has 0 radical (unpaired) electrons. The summed E-state index contributed by atoms with van der Waals surface area (Å²) in [5, 5.41) is 0. The molecule has 0 aliphatic carbocycles. The minimum atomic E-state index is -0.548. The van der Waals surface area contributed by atoms with Crippen LogP contribution in [-0.4, -0.2) is 12.3 Å². The molecule has 0 N–H and O–H groups in total. The van der Waals surface area contributed by atoms with Crippen LogP contribution in [0.15, 0.2) is 0 Å². The van der Waals surface area contributed by atoms with Crippen LogP contribution in [0.1, 0.15) is 68.2 Å². The summed E-state index contributed by atoms with van der Waals surface area (Å²) >= 11 is 5.77. The van der Waals surface area contributed by atoms with Gasteiger partial charge in [0.25, 0.3) is 0 Å². The third kappa shape index (κ3) is 11.7. The van der Waals surface area contributed by atoms with E-state index in [1.165, 1.54) is 25.2 Å². The largest absolute Gasteiger partial charge is 0.101 e. The van der Waals surface area contributed by atoms with Crippen LogP contribution < -0.4 is 0 Å². The van der Waals surface area contributed by atoms with Crippen molar-refractivity contribution in [1.29, 1.82) is 0 Å². The highest BCUT2D eigenvalue weighted by Gasteiger charge is 2.19. The first-order chi connectivity index (χ1) is 7.89. The smallest absolute Gasteiger partial charge is 0.0234 e. The van der Waals surface area contributed by atoms with Gasteiger partial charge in [-0.3, -0.25) is 0 Å². The van der Waals surface area contributed by atoms with Crippen molar-refractivity contribution < 1.29 is 0 Å². The summed E-state index contributed by atoms with van der Waals surface area (Å²) < 4.78 is 0. The van der Waals surface area contributed by atoms with Crippen LogP contribution in [0, 0.1) is 22.7 Å². The highest BCUT2D eigenvalue weighted by molar-refractivity contribution is 8.05. The quantitative estimate of drug-likeness (QED) is 0.556. The van der Waals surface area contributed by atoms with Crippen molar-refractivity contribution >= 4 is 18.5 Å². The van der Waals surface area contributed by atoms with Gasteiger partial charge in [0.15, 0.2) is 0 Å². The predicted octanol–water partition coefficient (Wildman–Crippen LogP) is 5.81. The second-order valence-electron chi connectivity index (χ2n) is 8.69. The van der Waals surface area contributed by atoms with Crippen molar-refractivity contribution in [2.75, 3.05) is 12.3 Å². The van der Waals surface area contributed by atoms with Crippen LogP contribution in [0.25, 0.3) is 0 Å². The lowest BCUT2D eigenvalue weighted by Gasteiger charge is -2.26. The van der Waals surface area contributed by atoms with E-state index in [9.17, 15) is 0 Å². The van der Waals surface area contributed by atoms with Crippen molar-refractivity contribution in [1.82, 2.24) is 0 Å². The lowest BCUT2D eigenvalue weighted by Crippen LogP contribution is -2.15. The first-order valence-electron chi connectivity index (χ1n) is 7.41. The van der Waals surface area contributed by atoms with Crippen molar-refractivity contribution in [2.24, 2.45) is 22.7 Å². The van der Waals surface area contributed by atoms with Gasteiger partial charge >= 0.3 is 0 Å². The molecule has 0 saturated heterocycles. The minimum absolute atomic E-state index is 0.452. The second kappa shape index (κ2) is 7.44. The minimum Gasteiger partial charge on any atom is -0.101 e. The van der Waals surface area contributed by atoms with E-state index in [0.717, 1.165) is 11.8 Å².